The molecular formula is C18H20ClN3O. The standard InChI is InChI=1S/C18H20ClN3O/c1-10(2)15-11(3)20-18-16(12(4)21-22(18)17(15)19)13-6-8-14(23-5)9-7-13/h6-10H,1-5H3. The zero-order valence-corrected chi connectivity index (χ0v) is 14.8. The Bertz CT molecular complexity index is 866. The number of nitrogens with zero attached hydrogens (tertiary/aromatic N) is 3. The Kier molecular flexibility index (Phi) is 4.02. The van der Waals surface area contributed by atoms with E-state index in [1.54, 1.807) is 11.6 Å². The predicted molar refractivity (Wildman–Crippen MR) is 93.5 cm³/mol. The molecule has 0 bridgehead atoms. The molecule has 5 heteroatoms. The van der Waals surface area contributed by atoms with Crippen molar-refractivity contribution >= 4 is 17.2 Å². The molecule has 0 radical (unpaired) electrons. The van der Waals surface area contributed by atoms with Gasteiger partial charge < -0.3 is 4.74 Å². The van der Waals surface area contributed by atoms with E-state index in [1.807, 2.05) is 38.1 Å². The smallest absolute Gasteiger partial charge is 0.165 e. The van der Waals surface area contributed by atoms with Crippen molar-refractivity contribution in [3.8, 4) is 16.9 Å². The summed E-state index contributed by atoms with van der Waals surface area (Å²) < 4.78 is 6.98. The molecule has 23 heavy (non-hydrogen) atoms. The number of ether oxygens (including phenoxy) is 1. The third kappa shape index (κ3) is 2.57. The molecule has 3 aromatic rings. The van der Waals surface area contributed by atoms with Crippen LogP contribution >= 0.6 is 11.6 Å². The molecule has 0 unspecified atom stereocenters. The summed E-state index contributed by atoms with van der Waals surface area (Å²) in [5.74, 6) is 1.13. The average molecular weight is 330 g/mol. The van der Waals surface area contributed by atoms with Crippen LogP contribution in [0.4, 0.5) is 0 Å². The third-order valence-electron chi connectivity index (χ3n) is 4.06. The van der Waals surface area contributed by atoms with Gasteiger partial charge in [0.2, 0.25) is 0 Å². The Balaban J connectivity index is 2.27. The first-order valence-corrected chi connectivity index (χ1v) is 8.01. The molecule has 0 saturated heterocycles. The van der Waals surface area contributed by atoms with E-state index in [9.17, 15) is 0 Å². The molecule has 3 rings (SSSR count). The lowest BCUT2D eigenvalue weighted by Gasteiger charge is -2.12. The van der Waals surface area contributed by atoms with Crippen LogP contribution < -0.4 is 4.74 Å². The second kappa shape index (κ2) is 5.85. The summed E-state index contributed by atoms with van der Waals surface area (Å²) in [5.41, 5.74) is 5.76. The molecular weight excluding hydrogens is 310 g/mol. The van der Waals surface area contributed by atoms with Gasteiger partial charge in [-0.1, -0.05) is 37.6 Å². The number of methoxy groups -OCH3 is 1. The summed E-state index contributed by atoms with van der Waals surface area (Å²) in [4.78, 5) is 4.78. The molecule has 0 aliphatic heterocycles. The van der Waals surface area contributed by atoms with Crippen molar-refractivity contribution in [1.82, 2.24) is 14.6 Å². The molecule has 2 aromatic heterocycles. The largest absolute Gasteiger partial charge is 0.497 e. The van der Waals surface area contributed by atoms with Crippen molar-refractivity contribution in [1.29, 1.82) is 0 Å². The fourth-order valence-corrected chi connectivity index (χ4v) is 3.46. The Hall–Kier alpha value is -2.07. The maximum absolute atomic E-state index is 6.60. The minimum absolute atomic E-state index is 0.299. The van der Waals surface area contributed by atoms with Crippen molar-refractivity contribution in [3.05, 3.63) is 46.4 Å². The lowest BCUT2D eigenvalue weighted by atomic mass is 10.0. The van der Waals surface area contributed by atoms with Crippen LogP contribution in [0.3, 0.4) is 0 Å². The normalized spacial score (nSPS) is 11.4. The molecule has 0 aliphatic carbocycles. The van der Waals surface area contributed by atoms with E-state index in [4.69, 9.17) is 21.3 Å². The van der Waals surface area contributed by atoms with Crippen LogP contribution in [0.5, 0.6) is 5.75 Å². The highest BCUT2D eigenvalue weighted by molar-refractivity contribution is 6.30. The van der Waals surface area contributed by atoms with Gasteiger partial charge in [0.1, 0.15) is 10.9 Å². The molecule has 0 saturated carbocycles. The highest BCUT2D eigenvalue weighted by Crippen LogP contribution is 2.33. The van der Waals surface area contributed by atoms with Crippen LogP contribution in [-0.2, 0) is 0 Å². The van der Waals surface area contributed by atoms with Crippen molar-refractivity contribution in [3.63, 3.8) is 0 Å². The molecule has 0 spiro atoms. The average Bonchev–Trinajstić information content (AvgIpc) is 2.83. The lowest BCUT2D eigenvalue weighted by molar-refractivity contribution is 0.415. The second-order valence-electron chi connectivity index (χ2n) is 5.98. The SMILES string of the molecule is COc1ccc(-c2c(C)nn3c(Cl)c(C(C)C)c(C)nc23)cc1. The summed E-state index contributed by atoms with van der Waals surface area (Å²) in [5, 5.41) is 5.25. The Labute approximate surface area is 141 Å². The van der Waals surface area contributed by atoms with E-state index in [-0.39, 0.29) is 0 Å². The number of hydrogen-bond acceptors (Lipinski definition) is 3. The first-order chi connectivity index (χ1) is 10.9. The molecule has 4 nitrogen and oxygen atoms in total. The van der Waals surface area contributed by atoms with Gasteiger partial charge in [0, 0.05) is 16.8 Å². The monoisotopic (exact) mass is 329 g/mol. The summed E-state index contributed by atoms with van der Waals surface area (Å²) in [6, 6.07) is 7.92. The summed E-state index contributed by atoms with van der Waals surface area (Å²) in [7, 11) is 1.66. The maximum atomic E-state index is 6.60. The second-order valence-corrected chi connectivity index (χ2v) is 6.34. The zero-order chi connectivity index (χ0) is 16.7. The molecule has 0 fully saturated rings. The number of aryl methyl sites for hydroxylation is 2. The van der Waals surface area contributed by atoms with E-state index in [0.717, 1.165) is 39.5 Å². The Morgan fingerprint density at radius 3 is 2.30 bits per heavy atom. The number of fused-ring (bicyclic) bond motifs is 1. The van der Waals surface area contributed by atoms with Gasteiger partial charge in [-0.05, 0) is 37.5 Å². The fraction of sp³-hybridized carbons (Fsp3) is 0.333. The van der Waals surface area contributed by atoms with Crippen LogP contribution in [0, 0.1) is 13.8 Å². The molecule has 2 heterocycles. The van der Waals surface area contributed by atoms with Crippen molar-refractivity contribution in [2.45, 2.75) is 33.6 Å². The van der Waals surface area contributed by atoms with Crippen LogP contribution in [0.1, 0.15) is 36.7 Å². The molecule has 120 valence electrons. The highest BCUT2D eigenvalue weighted by atomic mass is 35.5. The first-order valence-electron chi connectivity index (χ1n) is 7.63. The first kappa shape index (κ1) is 15.8. The number of halogens is 1. The van der Waals surface area contributed by atoms with Crippen molar-refractivity contribution in [2.75, 3.05) is 7.11 Å². The van der Waals surface area contributed by atoms with E-state index >= 15 is 0 Å². The Morgan fingerprint density at radius 1 is 1.09 bits per heavy atom. The van der Waals surface area contributed by atoms with Crippen molar-refractivity contribution < 1.29 is 4.74 Å². The Morgan fingerprint density at radius 2 is 1.74 bits per heavy atom. The molecule has 0 atom stereocenters. The fourth-order valence-electron chi connectivity index (χ4n) is 2.99. The third-order valence-corrected chi connectivity index (χ3v) is 4.43. The molecule has 0 N–H and O–H groups in total. The van der Waals surface area contributed by atoms with Gasteiger partial charge in [0.15, 0.2) is 5.65 Å². The summed E-state index contributed by atoms with van der Waals surface area (Å²) in [6.07, 6.45) is 0. The van der Waals surface area contributed by atoms with Crippen LogP contribution in [0.15, 0.2) is 24.3 Å². The van der Waals surface area contributed by atoms with Gasteiger partial charge in [-0.3, -0.25) is 0 Å². The van der Waals surface area contributed by atoms with E-state index in [2.05, 4.69) is 18.9 Å². The van der Waals surface area contributed by atoms with E-state index in [1.165, 1.54) is 0 Å². The minimum atomic E-state index is 0.299. The summed E-state index contributed by atoms with van der Waals surface area (Å²) in [6.45, 7) is 8.21. The quantitative estimate of drug-likeness (QED) is 0.648. The molecule has 0 amide bonds. The minimum Gasteiger partial charge on any atom is -0.497 e. The van der Waals surface area contributed by atoms with Gasteiger partial charge in [-0.2, -0.15) is 5.10 Å². The number of rotatable bonds is 3. The molecule has 1 aromatic carbocycles. The zero-order valence-electron chi connectivity index (χ0n) is 14.0. The van der Waals surface area contributed by atoms with Gasteiger partial charge in [-0.25, -0.2) is 9.50 Å². The van der Waals surface area contributed by atoms with Gasteiger partial charge in [0.25, 0.3) is 0 Å². The van der Waals surface area contributed by atoms with Crippen LogP contribution in [0.25, 0.3) is 16.8 Å². The molecule has 0 aliphatic rings. The van der Waals surface area contributed by atoms with E-state index < -0.39 is 0 Å². The maximum Gasteiger partial charge on any atom is 0.165 e. The summed E-state index contributed by atoms with van der Waals surface area (Å²) >= 11 is 6.60. The van der Waals surface area contributed by atoms with Gasteiger partial charge >= 0.3 is 0 Å². The predicted octanol–water partition coefficient (Wildman–Crippen LogP) is 4.80. The number of benzene rings is 1. The van der Waals surface area contributed by atoms with Gasteiger partial charge in [-0.15, -0.1) is 0 Å². The highest BCUT2D eigenvalue weighted by Gasteiger charge is 2.20. The lowest BCUT2D eigenvalue weighted by Crippen LogP contribution is -2.04. The van der Waals surface area contributed by atoms with Crippen LogP contribution in [0.2, 0.25) is 5.15 Å². The van der Waals surface area contributed by atoms with Crippen molar-refractivity contribution in [2.24, 2.45) is 0 Å². The van der Waals surface area contributed by atoms with Gasteiger partial charge in [0.05, 0.1) is 12.8 Å². The number of hydrogen-bond donors (Lipinski definition) is 0. The number of aromatic nitrogens is 3. The van der Waals surface area contributed by atoms with E-state index in [0.29, 0.717) is 11.1 Å². The van der Waals surface area contributed by atoms with Crippen LogP contribution in [-0.4, -0.2) is 21.7 Å². The topological polar surface area (TPSA) is 39.4 Å².